The van der Waals surface area contributed by atoms with E-state index >= 15 is 0 Å². The van der Waals surface area contributed by atoms with E-state index in [2.05, 4.69) is 9.97 Å². The highest BCUT2D eigenvalue weighted by molar-refractivity contribution is 7.90. The Morgan fingerprint density at radius 3 is 2.38 bits per heavy atom. The molecule has 0 radical (unpaired) electrons. The highest BCUT2D eigenvalue weighted by atomic mass is 35.5. The number of likely N-dealkylation sites (tertiary alicyclic amines) is 1. The molecule has 52 heavy (non-hydrogen) atoms. The van der Waals surface area contributed by atoms with Crippen molar-refractivity contribution in [3.8, 4) is 17.0 Å². The first-order valence-corrected chi connectivity index (χ1v) is 18.8. The summed E-state index contributed by atoms with van der Waals surface area (Å²) in [6.07, 6.45) is -5.75. The van der Waals surface area contributed by atoms with Crippen LogP contribution in [-0.4, -0.2) is 85.7 Å². The molecule has 1 amide bonds. The number of esters is 1. The topological polar surface area (TPSA) is 154 Å². The molecule has 2 N–H and O–H groups in total. The van der Waals surface area contributed by atoms with Crippen molar-refractivity contribution in [1.29, 1.82) is 0 Å². The van der Waals surface area contributed by atoms with Gasteiger partial charge in [0.1, 0.15) is 17.5 Å². The number of nitrogen functional groups attached to an aromatic ring is 1. The molecule has 1 unspecified atom stereocenters. The molecular weight excluding hydrogens is 727 g/mol. The molecule has 5 rings (SSSR count). The minimum absolute atomic E-state index is 0.00310. The average molecular weight is 768 g/mol. The molecule has 17 heteroatoms. The number of nitrogens with two attached hydrogens (primary N) is 1. The van der Waals surface area contributed by atoms with E-state index < -0.39 is 57.1 Å². The lowest BCUT2D eigenvalue weighted by atomic mass is 9.76. The summed E-state index contributed by atoms with van der Waals surface area (Å²) in [7, 11) is -3.66. The molecule has 2 aliphatic rings. The quantitative estimate of drug-likeness (QED) is 0.246. The fourth-order valence-corrected chi connectivity index (χ4v) is 7.43. The Morgan fingerprint density at radius 1 is 1.08 bits per heavy atom. The molecule has 0 saturated carbocycles. The van der Waals surface area contributed by atoms with Gasteiger partial charge >= 0.3 is 18.2 Å². The SMILES string of the molecule is CCOC(=O)C1CC2(CCN(c3cc(O[C@H](c4cc(Cl)ccc4-c4cccc(S(C)(=O)=O)c4)C(F)(F)F)nc(N)n3)CC2)CN1C(=O)OC(C)(C)C. The maximum absolute atomic E-state index is 14.8. The molecule has 12 nitrogen and oxygen atoms in total. The maximum atomic E-state index is 14.8. The lowest BCUT2D eigenvalue weighted by Crippen LogP contribution is -2.45. The molecule has 3 aromatic rings. The summed E-state index contributed by atoms with van der Waals surface area (Å²) in [6, 6.07) is 9.89. The van der Waals surface area contributed by atoms with Gasteiger partial charge in [0, 0.05) is 42.5 Å². The molecule has 2 aromatic carbocycles. The Kier molecular flexibility index (Phi) is 10.9. The second-order valence-electron chi connectivity index (χ2n) is 14.1. The molecule has 2 atom stereocenters. The minimum Gasteiger partial charge on any atom is -0.464 e. The molecular formula is C35H41ClF3N5O7S. The fraction of sp³-hybridized carbons (Fsp3) is 0.486. The van der Waals surface area contributed by atoms with Gasteiger partial charge in [-0.15, -0.1) is 0 Å². The van der Waals surface area contributed by atoms with Crippen LogP contribution in [0, 0.1) is 5.41 Å². The number of piperidine rings is 1. The van der Waals surface area contributed by atoms with Crippen molar-refractivity contribution in [3.05, 3.63) is 59.1 Å². The third kappa shape index (κ3) is 9.00. The van der Waals surface area contributed by atoms with Gasteiger partial charge in [-0.3, -0.25) is 4.90 Å². The molecule has 0 aliphatic carbocycles. The fourth-order valence-electron chi connectivity index (χ4n) is 6.58. The van der Waals surface area contributed by atoms with E-state index in [-0.39, 0.29) is 51.5 Å². The third-order valence-electron chi connectivity index (χ3n) is 8.95. The van der Waals surface area contributed by atoms with Crippen molar-refractivity contribution in [3.63, 3.8) is 0 Å². The summed E-state index contributed by atoms with van der Waals surface area (Å²) in [4.78, 5) is 37.4. The molecule has 1 spiro atoms. The van der Waals surface area contributed by atoms with E-state index in [0.29, 0.717) is 32.4 Å². The summed E-state index contributed by atoms with van der Waals surface area (Å²) in [6.45, 7) is 8.09. The largest absolute Gasteiger partial charge is 0.464 e. The van der Waals surface area contributed by atoms with Gasteiger partial charge in [0.2, 0.25) is 17.9 Å². The van der Waals surface area contributed by atoms with Crippen molar-refractivity contribution in [2.75, 3.05) is 43.1 Å². The van der Waals surface area contributed by atoms with Crippen molar-refractivity contribution in [1.82, 2.24) is 14.9 Å². The minimum atomic E-state index is -4.97. The van der Waals surface area contributed by atoms with Crippen LogP contribution in [-0.2, 0) is 24.1 Å². The van der Waals surface area contributed by atoms with Crippen molar-refractivity contribution in [2.45, 2.75) is 75.8 Å². The van der Waals surface area contributed by atoms with Crippen LogP contribution < -0.4 is 15.4 Å². The normalized spacial score (nSPS) is 18.3. The molecule has 2 fully saturated rings. The highest BCUT2D eigenvalue weighted by Gasteiger charge is 2.51. The lowest BCUT2D eigenvalue weighted by molar-refractivity contribution is -0.198. The van der Waals surface area contributed by atoms with Crippen molar-refractivity contribution < 1.29 is 45.4 Å². The monoisotopic (exact) mass is 767 g/mol. The number of hydrogen-bond donors (Lipinski definition) is 1. The zero-order valence-corrected chi connectivity index (χ0v) is 30.9. The van der Waals surface area contributed by atoms with Crippen LogP contribution >= 0.6 is 11.6 Å². The van der Waals surface area contributed by atoms with Crippen LogP contribution in [0.25, 0.3) is 11.1 Å². The van der Waals surface area contributed by atoms with E-state index in [1.165, 1.54) is 47.4 Å². The van der Waals surface area contributed by atoms with Gasteiger partial charge in [0.05, 0.1) is 11.5 Å². The van der Waals surface area contributed by atoms with Gasteiger partial charge in [-0.2, -0.15) is 23.1 Å². The summed E-state index contributed by atoms with van der Waals surface area (Å²) in [5, 5.41) is 0.00310. The smallest absolute Gasteiger partial charge is 0.429 e. The number of ether oxygens (including phenoxy) is 3. The first-order chi connectivity index (χ1) is 24.2. The van der Waals surface area contributed by atoms with Crippen LogP contribution in [0.15, 0.2) is 53.4 Å². The Balaban J connectivity index is 1.40. The molecule has 282 valence electrons. The summed E-state index contributed by atoms with van der Waals surface area (Å²) >= 11 is 6.18. The lowest BCUT2D eigenvalue weighted by Gasteiger charge is -2.39. The molecule has 2 aliphatic heterocycles. The van der Waals surface area contributed by atoms with Gasteiger partial charge in [-0.1, -0.05) is 29.8 Å². The predicted octanol–water partition coefficient (Wildman–Crippen LogP) is 6.62. The number of amides is 1. The van der Waals surface area contributed by atoms with Gasteiger partial charge in [-0.05, 0) is 87.8 Å². The molecule has 2 saturated heterocycles. The van der Waals surface area contributed by atoms with Crippen LogP contribution in [0.1, 0.15) is 58.6 Å². The highest BCUT2D eigenvalue weighted by Crippen LogP contribution is 2.46. The number of nitrogens with zero attached hydrogens (tertiary/aromatic N) is 4. The number of sulfone groups is 1. The Morgan fingerprint density at radius 2 is 1.77 bits per heavy atom. The van der Waals surface area contributed by atoms with E-state index in [1.54, 1.807) is 27.7 Å². The Labute approximate surface area is 305 Å². The van der Waals surface area contributed by atoms with Crippen molar-refractivity contribution in [2.24, 2.45) is 5.41 Å². The first kappa shape index (κ1) is 38.9. The van der Waals surface area contributed by atoms with Gasteiger partial charge in [0.15, 0.2) is 9.84 Å². The number of anilines is 2. The first-order valence-electron chi connectivity index (χ1n) is 16.6. The number of carbonyl (C=O) groups excluding carboxylic acids is 2. The number of alkyl halides is 3. The molecule has 3 heterocycles. The van der Waals surface area contributed by atoms with Gasteiger partial charge in [-0.25, -0.2) is 18.0 Å². The van der Waals surface area contributed by atoms with Gasteiger partial charge in [0.25, 0.3) is 0 Å². The molecule has 0 bridgehead atoms. The Bertz CT molecular complexity index is 1930. The number of aromatic nitrogens is 2. The van der Waals surface area contributed by atoms with E-state index in [0.717, 1.165) is 12.3 Å². The predicted molar refractivity (Wildman–Crippen MR) is 188 cm³/mol. The number of halogens is 4. The number of rotatable bonds is 8. The Hall–Kier alpha value is -4.31. The second kappa shape index (κ2) is 14.6. The zero-order valence-electron chi connectivity index (χ0n) is 29.4. The van der Waals surface area contributed by atoms with E-state index in [9.17, 15) is 31.2 Å². The summed E-state index contributed by atoms with van der Waals surface area (Å²) in [5.74, 6) is -1.04. The van der Waals surface area contributed by atoms with Crippen molar-refractivity contribution >= 4 is 45.3 Å². The number of carbonyl (C=O) groups is 2. The number of hydrogen-bond acceptors (Lipinski definition) is 11. The van der Waals surface area contributed by atoms with Crippen LogP contribution in [0.2, 0.25) is 5.02 Å². The van der Waals surface area contributed by atoms with E-state index in [4.69, 9.17) is 31.5 Å². The van der Waals surface area contributed by atoms with Crippen LogP contribution in [0.5, 0.6) is 5.88 Å². The summed E-state index contributed by atoms with van der Waals surface area (Å²) < 4.78 is 85.3. The average Bonchev–Trinajstić information content (AvgIpc) is 3.41. The maximum Gasteiger partial charge on any atom is 0.429 e. The standard InChI is InChI=1S/C35H41ClF3N5O7S/c1-6-49-30(45)26-19-34(20-44(26)32(46)51-33(2,3)4)12-14-43(15-13-34)27-18-28(42-31(40)41-27)50-29(35(37,38)39)25-17-22(36)10-11-24(25)21-8-7-9-23(16-21)52(5,47)48/h7-11,16-18,26,29H,6,12-15,19-20H2,1-5H3,(H2,40,41,42)/t26?,29-/m1/s1. The number of benzene rings is 2. The molecule has 1 aromatic heterocycles. The van der Waals surface area contributed by atoms with Crippen LogP contribution in [0.4, 0.5) is 29.7 Å². The third-order valence-corrected chi connectivity index (χ3v) is 10.3. The van der Waals surface area contributed by atoms with Gasteiger partial charge < -0.3 is 24.8 Å². The van der Waals surface area contributed by atoms with E-state index in [1.807, 2.05) is 4.90 Å². The zero-order chi connectivity index (χ0) is 38.2. The van der Waals surface area contributed by atoms with Crippen LogP contribution in [0.3, 0.4) is 0 Å². The summed E-state index contributed by atoms with van der Waals surface area (Å²) in [5.41, 5.74) is 4.67. The second-order valence-corrected chi connectivity index (χ2v) is 16.5.